The molecule has 0 bridgehead atoms. The molecule has 1 saturated carbocycles. The molecule has 3 N–H and O–H groups in total. The van der Waals surface area contributed by atoms with Crippen LogP contribution in [0.5, 0.6) is 0 Å². The van der Waals surface area contributed by atoms with Crippen LogP contribution in [0, 0.1) is 17.2 Å². The zero-order valence-electron chi connectivity index (χ0n) is 18.2. The Bertz CT molecular complexity index is 1030. The SMILES string of the molecule is O=C(Nc1ccnc(NCCCCC2CN(C(=O)O)CCC23CC3)n1)c1ccc(Br)cc1F. The van der Waals surface area contributed by atoms with Gasteiger partial charge in [0.2, 0.25) is 5.95 Å². The lowest BCUT2D eigenvalue weighted by Crippen LogP contribution is -2.44. The number of nitrogens with zero attached hydrogens (tertiary/aromatic N) is 3. The molecule has 1 aromatic carbocycles. The highest BCUT2D eigenvalue weighted by Gasteiger charge is 2.51. The van der Waals surface area contributed by atoms with Gasteiger partial charge < -0.3 is 20.6 Å². The van der Waals surface area contributed by atoms with E-state index in [1.165, 1.54) is 31.2 Å². The summed E-state index contributed by atoms with van der Waals surface area (Å²) in [6, 6.07) is 5.79. The number of halogens is 2. The summed E-state index contributed by atoms with van der Waals surface area (Å²) in [5, 5.41) is 15.1. The smallest absolute Gasteiger partial charge is 0.407 e. The van der Waals surface area contributed by atoms with E-state index in [1.807, 2.05) is 0 Å². The normalized spacial score (nSPS) is 18.7. The van der Waals surface area contributed by atoms with E-state index in [9.17, 15) is 19.1 Å². The van der Waals surface area contributed by atoms with Gasteiger partial charge in [-0.15, -0.1) is 0 Å². The quantitative estimate of drug-likeness (QED) is 0.424. The maximum Gasteiger partial charge on any atom is 0.407 e. The first-order valence-corrected chi connectivity index (χ1v) is 12.0. The number of amides is 2. The summed E-state index contributed by atoms with van der Waals surface area (Å²) in [5.41, 5.74) is 0.313. The molecule has 1 aromatic heterocycles. The molecular weight excluding hydrogens is 493 g/mol. The lowest BCUT2D eigenvalue weighted by atomic mass is 9.79. The highest BCUT2D eigenvalue weighted by atomic mass is 79.9. The van der Waals surface area contributed by atoms with Crippen molar-refractivity contribution in [1.82, 2.24) is 14.9 Å². The predicted molar refractivity (Wildman–Crippen MR) is 126 cm³/mol. The van der Waals surface area contributed by atoms with Crippen molar-refractivity contribution >= 4 is 39.7 Å². The maximum absolute atomic E-state index is 14.0. The second-order valence-corrected chi connectivity index (χ2v) is 9.72. The van der Waals surface area contributed by atoms with Crippen molar-refractivity contribution in [1.29, 1.82) is 0 Å². The van der Waals surface area contributed by atoms with Gasteiger partial charge in [0.05, 0.1) is 5.56 Å². The van der Waals surface area contributed by atoms with Crippen molar-refractivity contribution in [2.75, 3.05) is 30.3 Å². The van der Waals surface area contributed by atoms with E-state index in [0.717, 1.165) is 25.7 Å². The molecule has 1 spiro atoms. The van der Waals surface area contributed by atoms with E-state index < -0.39 is 17.8 Å². The molecule has 2 aliphatic rings. The van der Waals surface area contributed by atoms with Crippen molar-refractivity contribution in [3.05, 3.63) is 46.3 Å². The molecule has 1 aliphatic heterocycles. The predicted octanol–water partition coefficient (Wildman–Crippen LogP) is 4.99. The number of likely N-dealkylation sites (tertiary alicyclic amines) is 1. The van der Waals surface area contributed by atoms with E-state index in [-0.39, 0.29) is 11.4 Å². The van der Waals surface area contributed by atoms with Crippen LogP contribution in [0.4, 0.5) is 21.0 Å². The minimum atomic E-state index is -0.816. The van der Waals surface area contributed by atoms with Crippen LogP contribution < -0.4 is 10.6 Å². The Kier molecular flexibility index (Phi) is 7.11. The van der Waals surface area contributed by atoms with E-state index in [4.69, 9.17) is 0 Å². The van der Waals surface area contributed by atoms with Gasteiger partial charge in [0.15, 0.2) is 0 Å². The van der Waals surface area contributed by atoms with Crippen molar-refractivity contribution < 1.29 is 19.1 Å². The van der Waals surface area contributed by atoms with Crippen molar-refractivity contribution in [2.45, 2.75) is 38.5 Å². The van der Waals surface area contributed by atoms with Crippen LogP contribution in [-0.4, -0.2) is 51.6 Å². The Balaban J connectivity index is 1.23. The summed E-state index contributed by atoms with van der Waals surface area (Å²) in [6.07, 6.45) is 7.06. The summed E-state index contributed by atoms with van der Waals surface area (Å²) in [5.74, 6) is -0.0895. The van der Waals surface area contributed by atoms with Crippen molar-refractivity contribution in [3.8, 4) is 0 Å². The number of benzene rings is 1. The molecule has 2 amide bonds. The average molecular weight is 520 g/mol. The molecule has 1 atom stereocenters. The second kappa shape index (κ2) is 10.0. The van der Waals surface area contributed by atoms with Crippen LogP contribution >= 0.6 is 15.9 Å². The number of carbonyl (C=O) groups excluding carboxylic acids is 1. The highest BCUT2D eigenvalue weighted by molar-refractivity contribution is 9.10. The third kappa shape index (κ3) is 5.79. The lowest BCUT2D eigenvalue weighted by molar-refractivity contribution is 0.0832. The summed E-state index contributed by atoms with van der Waals surface area (Å²) < 4.78 is 14.6. The fraction of sp³-hybridized carbons (Fsp3) is 0.478. The maximum atomic E-state index is 14.0. The molecule has 2 fully saturated rings. The zero-order valence-corrected chi connectivity index (χ0v) is 19.8. The number of rotatable bonds is 8. The number of hydrogen-bond acceptors (Lipinski definition) is 5. The Labute approximate surface area is 200 Å². The summed E-state index contributed by atoms with van der Waals surface area (Å²) in [4.78, 5) is 33.7. The zero-order chi connectivity index (χ0) is 23.4. The summed E-state index contributed by atoms with van der Waals surface area (Å²) in [6.45, 7) is 1.97. The van der Waals surface area contributed by atoms with Gasteiger partial charge in [-0.3, -0.25) is 4.79 Å². The number of aromatic nitrogens is 2. The largest absolute Gasteiger partial charge is 0.465 e. The van der Waals surface area contributed by atoms with Crippen LogP contribution in [-0.2, 0) is 0 Å². The van der Waals surface area contributed by atoms with Crippen LogP contribution in [0.3, 0.4) is 0 Å². The third-order valence-corrected chi connectivity index (χ3v) is 7.18. The molecule has 1 unspecified atom stereocenters. The molecule has 1 aliphatic carbocycles. The molecule has 176 valence electrons. The number of hydrogen-bond donors (Lipinski definition) is 3. The molecular formula is C23H27BrFN5O3. The molecule has 0 radical (unpaired) electrons. The molecule has 10 heteroatoms. The second-order valence-electron chi connectivity index (χ2n) is 8.80. The van der Waals surface area contributed by atoms with Gasteiger partial charge >= 0.3 is 6.09 Å². The molecule has 1 saturated heterocycles. The molecule has 4 rings (SSSR count). The Morgan fingerprint density at radius 1 is 1.24 bits per heavy atom. The average Bonchev–Trinajstić information content (AvgIpc) is 3.55. The van der Waals surface area contributed by atoms with Crippen molar-refractivity contribution in [2.24, 2.45) is 11.3 Å². The molecule has 2 aromatic rings. The minimum absolute atomic E-state index is 0.0658. The highest BCUT2D eigenvalue weighted by Crippen LogP contribution is 2.58. The first kappa shape index (κ1) is 23.4. The summed E-state index contributed by atoms with van der Waals surface area (Å²) >= 11 is 3.17. The summed E-state index contributed by atoms with van der Waals surface area (Å²) in [7, 11) is 0. The first-order chi connectivity index (χ1) is 15.9. The Hall–Kier alpha value is -2.75. The van der Waals surface area contributed by atoms with Gasteiger partial charge in [-0.2, -0.15) is 4.98 Å². The van der Waals surface area contributed by atoms with Crippen LogP contribution in [0.1, 0.15) is 48.9 Å². The van der Waals surface area contributed by atoms with Gasteiger partial charge in [0, 0.05) is 30.3 Å². The third-order valence-electron chi connectivity index (χ3n) is 6.68. The van der Waals surface area contributed by atoms with Gasteiger partial charge in [-0.25, -0.2) is 14.2 Å². The number of anilines is 2. The van der Waals surface area contributed by atoms with Crippen LogP contribution in [0.25, 0.3) is 0 Å². The lowest BCUT2D eigenvalue weighted by Gasteiger charge is -2.38. The van der Waals surface area contributed by atoms with Gasteiger partial charge in [0.1, 0.15) is 11.6 Å². The van der Waals surface area contributed by atoms with E-state index >= 15 is 0 Å². The molecule has 33 heavy (non-hydrogen) atoms. The van der Waals surface area contributed by atoms with Crippen LogP contribution in [0.2, 0.25) is 0 Å². The first-order valence-electron chi connectivity index (χ1n) is 11.2. The van der Waals surface area contributed by atoms with E-state index in [1.54, 1.807) is 17.0 Å². The number of nitrogens with one attached hydrogen (secondary N) is 2. The molecule has 8 nitrogen and oxygen atoms in total. The number of carboxylic acid groups (broad SMARTS) is 1. The van der Waals surface area contributed by atoms with E-state index in [2.05, 4.69) is 36.5 Å². The number of unbranched alkanes of at least 4 members (excludes halogenated alkanes) is 1. The van der Waals surface area contributed by atoms with E-state index in [0.29, 0.717) is 41.4 Å². The Morgan fingerprint density at radius 3 is 2.79 bits per heavy atom. The fourth-order valence-electron chi connectivity index (χ4n) is 4.59. The molecule has 2 heterocycles. The standard InChI is InChI=1S/C23H27BrFN5O3/c24-16-4-5-17(18(25)13-16)20(31)28-19-6-11-27-21(29-19)26-10-2-1-3-15-14-30(22(32)33)12-9-23(15)7-8-23/h4-6,11,13,15H,1-3,7-10,12,14H2,(H,32,33)(H2,26,27,28,29,31). The monoisotopic (exact) mass is 519 g/mol. The van der Waals surface area contributed by atoms with Crippen molar-refractivity contribution in [3.63, 3.8) is 0 Å². The van der Waals surface area contributed by atoms with Crippen LogP contribution in [0.15, 0.2) is 34.9 Å². The number of carbonyl (C=O) groups is 2. The number of piperidine rings is 1. The van der Waals surface area contributed by atoms with Gasteiger partial charge in [-0.1, -0.05) is 22.4 Å². The minimum Gasteiger partial charge on any atom is -0.465 e. The van der Waals surface area contributed by atoms with Gasteiger partial charge in [-0.05, 0) is 67.7 Å². The topological polar surface area (TPSA) is 107 Å². The fourth-order valence-corrected chi connectivity index (χ4v) is 4.92. The van der Waals surface area contributed by atoms with Gasteiger partial charge in [0.25, 0.3) is 5.91 Å². The Morgan fingerprint density at radius 2 is 2.06 bits per heavy atom.